The Morgan fingerprint density at radius 3 is 2.04 bits per heavy atom. The lowest BCUT2D eigenvalue weighted by molar-refractivity contribution is -0.143. The van der Waals surface area contributed by atoms with E-state index < -0.39 is 34.8 Å². The van der Waals surface area contributed by atoms with E-state index in [1.165, 1.54) is 18.4 Å². The molecule has 0 saturated carbocycles. The molecular weight excluding hydrogens is 396 g/mol. The zero-order chi connectivity index (χ0) is 20.0. The maximum atomic E-state index is 13.1. The van der Waals surface area contributed by atoms with Crippen LogP contribution >= 0.6 is 11.3 Å². The van der Waals surface area contributed by atoms with Crippen LogP contribution in [0.2, 0.25) is 0 Å². The third-order valence-corrected chi connectivity index (χ3v) is 4.60. The van der Waals surface area contributed by atoms with Gasteiger partial charge in [0.25, 0.3) is 0 Å². The van der Waals surface area contributed by atoms with E-state index in [1.807, 2.05) is 0 Å². The number of furan rings is 1. The standard InChI is InChI=1S/C17H11F6NO2S/c1-24-15-12(13(25)14(26-15)11-3-2-4-27-11)8-5-9(16(18,19)20)7-10(6-8)17(21,22)23/h2-7,24-25H,1H3. The number of hydrogen-bond donors (Lipinski definition) is 2. The van der Waals surface area contributed by atoms with Gasteiger partial charge in [-0.15, -0.1) is 11.3 Å². The molecule has 0 amide bonds. The molecule has 0 radical (unpaired) electrons. The fourth-order valence-corrected chi connectivity index (χ4v) is 3.25. The van der Waals surface area contributed by atoms with Crippen LogP contribution in [0.25, 0.3) is 21.8 Å². The Labute approximate surface area is 152 Å². The Balaban J connectivity index is 2.27. The molecule has 0 spiro atoms. The number of halogens is 6. The summed E-state index contributed by atoms with van der Waals surface area (Å²) >= 11 is 1.19. The Hall–Kier alpha value is -2.62. The van der Waals surface area contributed by atoms with Gasteiger partial charge in [-0.2, -0.15) is 26.3 Å². The van der Waals surface area contributed by atoms with Gasteiger partial charge in [-0.05, 0) is 35.2 Å². The molecule has 2 N–H and O–H groups in total. The van der Waals surface area contributed by atoms with Crippen molar-refractivity contribution in [3.63, 3.8) is 0 Å². The zero-order valence-electron chi connectivity index (χ0n) is 13.5. The molecule has 0 atom stereocenters. The lowest BCUT2D eigenvalue weighted by Crippen LogP contribution is -2.11. The number of anilines is 1. The van der Waals surface area contributed by atoms with Gasteiger partial charge >= 0.3 is 12.4 Å². The van der Waals surface area contributed by atoms with Crippen molar-refractivity contribution in [2.45, 2.75) is 12.4 Å². The van der Waals surface area contributed by atoms with E-state index >= 15 is 0 Å². The molecule has 10 heteroatoms. The summed E-state index contributed by atoms with van der Waals surface area (Å²) in [6.45, 7) is 0. The summed E-state index contributed by atoms with van der Waals surface area (Å²) < 4.78 is 84.0. The fraction of sp³-hybridized carbons (Fsp3) is 0.176. The average Bonchev–Trinajstić information content (AvgIpc) is 3.20. The third-order valence-electron chi connectivity index (χ3n) is 3.73. The highest BCUT2D eigenvalue weighted by molar-refractivity contribution is 7.13. The second kappa shape index (κ2) is 6.52. The van der Waals surface area contributed by atoms with Crippen molar-refractivity contribution in [1.29, 1.82) is 0 Å². The number of hydrogen-bond acceptors (Lipinski definition) is 4. The molecule has 0 aliphatic carbocycles. The van der Waals surface area contributed by atoms with Crippen LogP contribution in [0.5, 0.6) is 5.75 Å². The normalized spacial score (nSPS) is 12.4. The Kier molecular flexibility index (Phi) is 4.62. The quantitative estimate of drug-likeness (QED) is 0.490. The number of rotatable bonds is 3. The minimum Gasteiger partial charge on any atom is -0.504 e. The summed E-state index contributed by atoms with van der Waals surface area (Å²) in [5.41, 5.74) is -3.71. The maximum Gasteiger partial charge on any atom is 0.416 e. The van der Waals surface area contributed by atoms with E-state index in [2.05, 4.69) is 5.32 Å². The van der Waals surface area contributed by atoms with Crippen LogP contribution in [-0.2, 0) is 12.4 Å². The minimum atomic E-state index is -4.99. The molecule has 3 nitrogen and oxygen atoms in total. The molecule has 1 aromatic carbocycles. The van der Waals surface area contributed by atoms with Crippen LogP contribution in [0.15, 0.2) is 40.1 Å². The van der Waals surface area contributed by atoms with Gasteiger partial charge in [0.2, 0.25) is 5.88 Å². The second-order valence-electron chi connectivity index (χ2n) is 5.51. The smallest absolute Gasteiger partial charge is 0.416 e. The van der Waals surface area contributed by atoms with Crippen molar-refractivity contribution in [3.05, 3.63) is 46.8 Å². The highest BCUT2D eigenvalue weighted by Crippen LogP contribution is 2.49. The van der Waals surface area contributed by atoms with Gasteiger partial charge in [-0.3, -0.25) is 0 Å². The average molecular weight is 407 g/mol. The molecular formula is C17H11F6NO2S. The van der Waals surface area contributed by atoms with Crippen molar-refractivity contribution in [2.75, 3.05) is 12.4 Å². The number of thiophene rings is 1. The summed E-state index contributed by atoms with van der Waals surface area (Å²) in [6, 6.07) is 4.37. The molecule has 0 unspecified atom stereocenters. The molecule has 0 bridgehead atoms. The first-order valence-electron chi connectivity index (χ1n) is 7.39. The summed E-state index contributed by atoms with van der Waals surface area (Å²) in [7, 11) is 1.37. The molecule has 2 aromatic heterocycles. The van der Waals surface area contributed by atoms with Gasteiger partial charge in [0.15, 0.2) is 11.5 Å². The predicted molar refractivity (Wildman–Crippen MR) is 88.7 cm³/mol. The van der Waals surface area contributed by atoms with Crippen LogP contribution in [0.4, 0.5) is 32.2 Å². The molecule has 27 heavy (non-hydrogen) atoms. The topological polar surface area (TPSA) is 45.4 Å². The molecule has 0 saturated heterocycles. The lowest BCUT2D eigenvalue weighted by Gasteiger charge is -2.14. The van der Waals surface area contributed by atoms with E-state index in [9.17, 15) is 31.4 Å². The number of nitrogens with one attached hydrogen (secondary N) is 1. The predicted octanol–water partition coefficient (Wildman–Crippen LogP) is 6.46. The van der Waals surface area contributed by atoms with Crippen molar-refractivity contribution in [1.82, 2.24) is 0 Å². The van der Waals surface area contributed by atoms with Gasteiger partial charge in [0.1, 0.15) is 0 Å². The number of aromatic hydroxyl groups is 1. The van der Waals surface area contributed by atoms with Crippen LogP contribution in [0, 0.1) is 0 Å². The van der Waals surface area contributed by atoms with E-state index in [-0.39, 0.29) is 23.3 Å². The minimum absolute atomic E-state index is 0.0276. The van der Waals surface area contributed by atoms with Crippen LogP contribution in [0.3, 0.4) is 0 Å². The van der Waals surface area contributed by atoms with Crippen molar-refractivity contribution < 1.29 is 35.9 Å². The first-order valence-corrected chi connectivity index (χ1v) is 8.27. The first kappa shape index (κ1) is 19.2. The summed E-state index contributed by atoms with van der Waals surface area (Å²) in [6.07, 6.45) is -9.99. The van der Waals surface area contributed by atoms with E-state index in [0.29, 0.717) is 17.0 Å². The largest absolute Gasteiger partial charge is 0.504 e. The van der Waals surface area contributed by atoms with E-state index in [1.54, 1.807) is 17.5 Å². The number of alkyl halides is 6. The third kappa shape index (κ3) is 3.61. The molecule has 0 aliphatic heterocycles. The fourth-order valence-electron chi connectivity index (χ4n) is 2.54. The van der Waals surface area contributed by atoms with Gasteiger partial charge in [0, 0.05) is 7.05 Å². The van der Waals surface area contributed by atoms with E-state index in [4.69, 9.17) is 4.42 Å². The molecule has 144 valence electrons. The van der Waals surface area contributed by atoms with Gasteiger partial charge in [0.05, 0.1) is 21.6 Å². The molecule has 3 rings (SSSR count). The van der Waals surface area contributed by atoms with E-state index in [0.717, 1.165) is 0 Å². The molecule has 0 aliphatic rings. The Morgan fingerprint density at radius 1 is 1.00 bits per heavy atom. The monoisotopic (exact) mass is 407 g/mol. The molecule has 2 heterocycles. The lowest BCUT2D eigenvalue weighted by atomic mass is 9.99. The number of benzene rings is 1. The summed E-state index contributed by atoms with van der Waals surface area (Å²) in [5.74, 6) is -0.743. The van der Waals surface area contributed by atoms with Crippen LogP contribution < -0.4 is 5.32 Å². The SMILES string of the molecule is CNc1oc(-c2cccs2)c(O)c1-c1cc(C(F)(F)F)cc(C(F)(F)F)c1. The Bertz CT molecular complexity index is 925. The Morgan fingerprint density at radius 2 is 1.59 bits per heavy atom. The van der Waals surface area contributed by atoms with Crippen LogP contribution in [0.1, 0.15) is 11.1 Å². The highest BCUT2D eigenvalue weighted by Gasteiger charge is 2.38. The van der Waals surface area contributed by atoms with Crippen molar-refractivity contribution >= 4 is 17.2 Å². The highest BCUT2D eigenvalue weighted by atomic mass is 32.1. The maximum absolute atomic E-state index is 13.1. The molecule has 3 aromatic rings. The summed E-state index contributed by atoms with van der Waals surface area (Å²) in [4.78, 5) is 0.471. The van der Waals surface area contributed by atoms with Crippen molar-refractivity contribution in [3.8, 4) is 27.5 Å². The van der Waals surface area contributed by atoms with Gasteiger partial charge < -0.3 is 14.8 Å². The second-order valence-corrected chi connectivity index (χ2v) is 6.45. The summed E-state index contributed by atoms with van der Waals surface area (Å²) in [5, 5.41) is 14.7. The van der Waals surface area contributed by atoms with Gasteiger partial charge in [-0.1, -0.05) is 6.07 Å². The first-order chi connectivity index (χ1) is 12.5. The van der Waals surface area contributed by atoms with Gasteiger partial charge in [-0.25, -0.2) is 0 Å². The van der Waals surface area contributed by atoms with Crippen molar-refractivity contribution in [2.24, 2.45) is 0 Å². The van der Waals surface area contributed by atoms with Crippen LogP contribution in [-0.4, -0.2) is 12.2 Å². The molecule has 0 fully saturated rings. The zero-order valence-corrected chi connectivity index (χ0v) is 14.3.